The van der Waals surface area contributed by atoms with E-state index in [2.05, 4.69) is 26.6 Å². The maximum Gasteiger partial charge on any atom is 0.150 e. The Morgan fingerprint density at radius 3 is 3.00 bits per heavy atom. The molecule has 1 aromatic rings. The quantitative estimate of drug-likeness (QED) is 0.852. The lowest BCUT2D eigenvalue weighted by Crippen LogP contribution is -2.37. The van der Waals surface area contributed by atoms with Crippen molar-refractivity contribution in [1.29, 1.82) is 0 Å². The average Bonchev–Trinajstić information content (AvgIpc) is 2.81. The van der Waals surface area contributed by atoms with Crippen molar-refractivity contribution in [2.24, 2.45) is 5.73 Å². The van der Waals surface area contributed by atoms with Crippen LogP contribution in [0.3, 0.4) is 0 Å². The summed E-state index contributed by atoms with van der Waals surface area (Å²) in [4.78, 5) is 2.53. The molecule has 2 aliphatic rings. The first kappa shape index (κ1) is 12.1. The number of likely N-dealkylation sites (tertiary alicyclic amines) is 1. The van der Waals surface area contributed by atoms with Gasteiger partial charge in [0.2, 0.25) is 0 Å². The Hall–Kier alpha value is -0.940. The van der Waals surface area contributed by atoms with Gasteiger partial charge in [0.15, 0.2) is 0 Å². The molecule has 0 saturated carbocycles. The van der Waals surface area contributed by atoms with Crippen LogP contribution in [0, 0.1) is 0 Å². The zero-order chi connectivity index (χ0) is 12.5. The highest BCUT2D eigenvalue weighted by Crippen LogP contribution is 2.30. The molecule has 3 heterocycles. The predicted octanol–water partition coefficient (Wildman–Crippen LogP) is 1.10. The fourth-order valence-corrected chi connectivity index (χ4v) is 3.28. The Morgan fingerprint density at radius 1 is 1.28 bits per heavy atom. The molecule has 2 aliphatic heterocycles. The second-order valence-corrected chi connectivity index (χ2v) is 5.52. The minimum atomic E-state index is 0.269. The minimum Gasteiger partial charge on any atom is -0.326 e. The third-order valence-electron chi connectivity index (χ3n) is 4.33. The fourth-order valence-electron chi connectivity index (χ4n) is 3.28. The summed E-state index contributed by atoms with van der Waals surface area (Å²) in [5, 5.41) is 8.84. The van der Waals surface area contributed by atoms with Gasteiger partial charge in [0.25, 0.3) is 0 Å². The number of nitrogens with zero attached hydrogens (tertiary/aromatic N) is 4. The second-order valence-electron chi connectivity index (χ2n) is 5.52. The Kier molecular flexibility index (Phi) is 3.35. The molecule has 0 bridgehead atoms. The lowest BCUT2D eigenvalue weighted by molar-refractivity contribution is 0.145. The van der Waals surface area contributed by atoms with Gasteiger partial charge in [-0.15, -0.1) is 10.2 Å². The third-order valence-corrected chi connectivity index (χ3v) is 4.33. The summed E-state index contributed by atoms with van der Waals surface area (Å²) in [6.07, 6.45) is 5.84. The van der Waals surface area contributed by atoms with Gasteiger partial charge in [-0.25, -0.2) is 0 Å². The van der Waals surface area contributed by atoms with Gasteiger partial charge in [-0.05, 0) is 32.4 Å². The Balaban J connectivity index is 1.89. The van der Waals surface area contributed by atoms with Gasteiger partial charge in [-0.3, -0.25) is 4.90 Å². The number of aryl methyl sites for hydroxylation is 1. The largest absolute Gasteiger partial charge is 0.326 e. The molecule has 3 rings (SSSR count). The SMILES string of the molecule is CCN1CCCCC1c1nnc2n1CC(N)CC2. The lowest BCUT2D eigenvalue weighted by atomic mass is 10.0. The molecular formula is C13H23N5. The van der Waals surface area contributed by atoms with Crippen LogP contribution < -0.4 is 5.73 Å². The molecule has 2 unspecified atom stereocenters. The van der Waals surface area contributed by atoms with E-state index in [0.717, 1.165) is 37.6 Å². The molecule has 0 aromatic carbocycles. The third kappa shape index (κ3) is 2.06. The summed E-state index contributed by atoms with van der Waals surface area (Å²) in [6, 6.07) is 0.723. The van der Waals surface area contributed by atoms with Gasteiger partial charge >= 0.3 is 0 Å². The van der Waals surface area contributed by atoms with Crippen LogP contribution in [-0.2, 0) is 13.0 Å². The Morgan fingerprint density at radius 2 is 2.17 bits per heavy atom. The van der Waals surface area contributed by atoms with Gasteiger partial charge < -0.3 is 10.3 Å². The van der Waals surface area contributed by atoms with E-state index in [4.69, 9.17) is 5.73 Å². The molecule has 1 aromatic heterocycles. The summed E-state index contributed by atoms with van der Waals surface area (Å²) < 4.78 is 2.28. The lowest BCUT2D eigenvalue weighted by Gasteiger charge is -2.35. The van der Waals surface area contributed by atoms with Gasteiger partial charge in [0.05, 0.1) is 6.04 Å². The smallest absolute Gasteiger partial charge is 0.150 e. The second kappa shape index (κ2) is 4.97. The van der Waals surface area contributed by atoms with Crippen molar-refractivity contribution in [1.82, 2.24) is 19.7 Å². The Labute approximate surface area is 108 Å². The molecule has 0 radical (unpaired) electrons. The number of fused-ring (bicyclic) bond motifs is 1. The minimum absolute atomic E-state index is 0.269. The van der Waals surface area contributed by atoms with Gasteiger partial charge in [0, 0.05) is 19.0 Å². The predicted molar refractivity (Wildman–Crippen MR) is 70.2 cm³/mol. The van der Waals surface area contributed by atoms with Crippen molar-refractivity contribution in [3.63, 3.8) is 0 Å². The zero-order valence-electron chi connectivity index (χ0n) is 11.2. The summed E-state index contributed by atoms with van der Waals surface area (Å²) in [7, 11) is 0. The van der Waals surface area contributed by atoms with E-state index in [1.54, 1.807) is 0 Å². The summed E-state index contributed by atoms with van der Waals surface area (Å²) in [6.45, 7) is 5.41. The van der Waals surface area contributed by atoms with Crippen LogP contribution in [0.5, 0.6) is 0 Å². The maximum atomic E-state index is 6.08. The van der Waals surface area contributed by atoms with E-state index in [0.29, 0.717) is 6.04 Å². The van der Waals surface area contributed by atoms with Crippen LogP contribution in [-0.4, -0.2) is 38.8 Å². The van der Waals surface area contributed by atoms with Crippen LogP contribution in [0.15, 0.2) is 0 Å². The molecule has 0 spiro atoms. The molecule has 2 atom stereocenters. The number of rotatable bonds is 2. The number of piperidine rings is 1. The molecule has 5 nitrogen and oxygen atoms in total. The average molecular weight is 249 g/mol. The maximum absolute atomic E-state index is 6.08. The molecule has 1 fully saturated rings. The molecule has 0 aliphatic carbocycles. The highest BCUT2D eigenvalue weighted by Gasteiger charge is 2.30. The Bertz CT molecular complexity index is 414. The van der Waals surface area contributed by atoms with Gasteiger partial charge in [-0.2, -0.15) is 0 Å². The van der Waals surface area contributed by atoms with Crippen molar-refractivity contribution >= 4 is 0 Å². The van der Waals surface area contributed by atoms with Crippen molar-refractivity contribution in [3.05, 3.63) is 11.6 Å². The van der Waals surface area contributed by atoms with Crippen LogP contribution >= 0.6 is 0 Å². The van der Waals surface area contributed by atoms with E-state index in [1.165, 1.54) is 25.8 Å². The van der Waals surface area contributed by atoms with Gasteiger partial charge in [-0.1, -0.05) is 13.3 Å². The van der Waals surface area contributed by atoms with E-state index < -0.39 is 0 Å². The molecule has 5 heteroatoms. The molecule has 100 valence electrons. The van der Waals surface area contributed by atoms with E-state index in [-0.39, 0.29) is 6.04 Å². The topological polar surface area (TPSA) is 60.0 Å². The van der Waals surface area contributed by atoms with Crippen molar-refractivity contribution in [3.8, 4) is 0 Å². The van der Waals surface area contributed by atoms with Crippen molar-refractivity contribution in [2.75, 3.05) is 13.1 Å². The summed E-state index contributed by atoms with van der Waals surface area (Å²) in [5.41, 5.74) is 6.08. The van der Waals surface area contributed by atoms with Crippen LogP contribution in [0.4, 0.5) is 0 Å². The van der Waals surface area contributed by atoms with E-state index in [9.17, 15) is 0 Å². The normalized spacial score (nSPS) is 29.2. The summed E-state index contributed by atoms with van der Waals surface area (Å²) >= 11 is 0. The first-order valence-corrected chi connectivity index (χ1v) is 7.21. The molecule has 18 heavy (non-hydrogen) atoms. The highest BCUT2D eigenvalue weighted by atomic mass is 15.3. The standard InChI is InChI=1S/C13H23N5/c1-2-17-8-4-3-5-11(17)13-16-15-12-7-6-10(14)9-18(12)13/h10-11H,2-9,14H2,1H3. The van der Waals surface area contributed by atoms with Gasteiger partial charge in [0.1, 0.15) is 11.6 Å². The van der Waals surface area contributed by atoms with Crippen LogP contribution in [0.1, 0.15) is 50.3 Å². The zero-order valence-corrected chi connectivity index (χ0v) is 11.2. The number of nitrogens with two attached hydrogens (primary N) is 1. The molecule has 2 N–H and O–H groups in total. The van der Waals surface area contributed by atoms with Crippen LogP contribution in [0.2, 0.25) is 0 Å². The van der Waals surface area contributed by atoms with Crippen molar-refractivity contribution < 1.29 is 0 Å². The van der Waals surface area contributed by atoms with Crippen LogP contribution in [0.25, 0.3) is 0 Å². The first-order valence-electron chi connectivity index (χ1n) is 7.21. The number of aromatic nitrogens is 3. The van der Waals surface area contributed by atoms with E-state index in [1.807, 2.05) is 0 Å². The number of hydrogen-bond acceptors (Lipinski definition) is 4. The fraction of sp³-hybridized carbons (Fsp3) is 0.846. The van der Waals surface area contributed by atoms with Crippen molar-refractivity contribution in [2.45, 2.75) is 57.7 Å². The molecule has 0 amide bonds. The monoisotopic (exact) mass is 249 g/mol. The van der Waals surface area contributed by atoms with E-state index >= 15 is 0 Å². The summed E-state index contributed by atoms with van der Waals surface area (Å²) in [5.74, 6) is 2.29. The molecule has 1 saturated heterocycles. The first-order chi connectivity index (χ1) is 8.79. The highest BCUT2D eigenvalue weighted by molar-refractivity contribution is 5.06. The number of hydrogen-bond donors (Lipinski definition) is 1. The molecular weight excluding hydrogens is 226 g/mol.